The molecule has 1 aliphatic rings. The summed E-state index contributed by atoms with van der Waals surface area (Å²) in [7, 11) is 0. The molecule has 0 aliphatic carbocycles. The van der Waals surface area contributed by atoms with Crippen molar-refractivity contribution in [1.29, 1.82) is 0 Å². The Kier molecular flexibility index (Phi) is 9.83. The lowest BCUT2D eigenvalue weighted by atomic mass is 10.1. The zero-order valence-corrected chi connectivity index (χ0v) is 23.4. The van der Waals surface area contributed by atoms with Gasteiger partial charge >= 0.3 is 6.09 Å². The Morgan fingerprint density at radius 2 is 1.86 bits per heavy atom. The van der Waals surface area contributed by atoms with Crippen molar-refractivity contribution in [3.63, 3.8) is 0 Å². The van der Waals surface area contributed by atoms with E-state index in [1.807, 2.05) is 6.92 Å². The molecule has 0 atom stereocenters. The quantitative estimate of drug-likeness (QED) is 0.413. The number of benzene rings is 1. The molecule has 1 aromatic heterocycles. The normalized spacial score (nSPS) is 13.8. The standard InChI is InChI=1S/C25H33Cl2N3O5S/c1-5-6-10-34-22-16-12-18(26)19(27)13-17(16)23(32)30(8-7-21(31)29-9-11-36-15-29)20(22)14-28-24(33)35-25(2,3)4/h12-13H,5-11,14-15H2,1-4H3,(H,28,33). The fourth-order valence-electron chi connectivity index (χ4n) is 3.80. The van der Waals surface area contributed by atoms with Gasteiger partial charge in [-0.05, 0) is 39.3 Å². The summed E-state index contributed by atoms with van der Waals surface area (Å²) in [4.78, 5) is 40.6. The number of halogens is 2. The van der Waals surface area contributed by atoms with Crippen LogP contribution in [0.15, 0.2) is 16.9 Å². The summed E-state index contributed by atoms with van der Waals surface area (Å²) in [6.45, 7) is 8.56. The average Bonchev–Trinajstić information content (AvgIpc) is 3.34. The van der Waals surface area contributed by atoms with Crippen molar-refractivity contribution in [1.82, 2.24) is 14.8 Å². The SMILES string of the molecule is CCCCOc1c(CNC(=O)OC(C)(C)C)n(CCC(=O)N2CCSC2)c(=O)c2cc(Cl)c(Cl)cc12. The molecule has 11 heteroatoms. The van der Waals surface area contributed by atoms with Gasteiger partial charge in [-0.1, -0.05) is 36.5 Å². The van der Waals surface area contributed by atoms with Crippen LogP contribution in [0, 0.1) is 0 Å². The molecule has 2 amide bonds. The largest absolute Gasteiger partial charge is 0.491 e. The van der Waals surface area contributed by atoms with Crippen LogP contribution in [0.25, 0.3) is 10.8 Å². The van der Waals surface area contributed by atoms with Crippen LogP contribution in [0.2, 0.25) is 10.0 Å². The molecule has 0 spiro atoms. The Balaban J connectivity index is 2.07. The van der Waals surface area contributed by atoms with E-state index in [1.165, 1.54) is 10.6 Å². The number of hydrogen-bond donors (Lipinski definition) is 1. The molecule has 1 aliphatic heterocycles. The van der Waals surface area contributed by atoms with Crippen molar-refractivity contribution in [3.8, 4) is 5.75 Å². The topological polar surface area (TPSA) is 89.9 Å². The van der Waals surface area contributed by atoms with E-state index in [-0.39, 0.29) is 41.0 Å². The second kappa shape index (κ2) is 12.4. The number of thioether (sulfide) groups is 1. The number of carbonyl (C=O) groups is 2. The highest BCUT2D eigenvalue weighted by atomic mass is 35.5. The Morgan fingerprint density at radius 3 is 2.47 bits per heavy atom. The number of unbranched alkanes of at least 4 members (excludes halogenated alkanes) is 1. The first-order valence-corrected chi connectivity index (χ1v) is 13.9. The third-order valence-corrected chi connectivity index (χ3v) is 7.25. The zero-order chi connectivity index (χ0) is 26.5. The maximum absolute atomic E-state index is 13.6. The number of ether oxygens (including phenoxy) is 2. The lowest BCUT2D eigenvalue weighted by molar-refractivity contribution is -0.129. The molecule has 2 aromatic rings. The summed E-state index contributed by atoms with van der Waals surface area (Å²) in [6.07, 6.45) is 1.23. The number of nitrogens with zero attached hydrogens (tertiary/aromatic N) is 2. The van der Waals surface area contributed by atoms with Gasteiger partial charge in [-0.3, -0.25) is 9.59 Å². The van der Waals surface area contributed by atoms with E-state index in [0.29, 0.717) is 41.2 Å². The summed E-state index contributed by atoms with van der Waals surface area (Å²) >= 11 is 14.3. The van der Waals surface area contributed by atoms with Crippen LogP contribution >= 0.6 is 35.0 Å². The molecule has 2 heterocycles. The predicted octanol–water partition coefficient (Wildman–Crippen LogP) is 5.43. The van der Waals surface area contributed by atoms with Gasteiger partial charge in [-0.15, -0.1) is 11.8 Å². The van der Waals surface area contributed by atoms with Gasteiger partial charge in [0, 0.05) is 30.6 Å². The van der Waals surface area contributed by atoms with Crippen molar-refractivity contribution in [2.45, 2.75) is 65.6 Å². The van der Waals surface area contributed by atoms with Crippen molar-refractivity contribution < 1.29 is 19.1 Å². The highest BCUT2D eigenvalue weighted by Crippen LogP contribution is 2.34. The second-order valence-corrected chi connectivity index (χ2v) is 11.4. The highest BCUT2D eigenvalue weighted by molar-refractivity contribution is 7.99. The minimum Gasteiger partial charge on any atom is -0.491 e. The molecule has 0 saturated carbocycles. The van der Waals surface area contributed by atoms with E-state index >= 15 is 0 Å². The van der Waals surface area contributed by atoms with Crippen LogP contribution < -0.4 is 15.6 Å². The summed E-state index contributed by atoms with van der Waals surface area (Å²) in [6, 6.07) is 3.13. The van der Waals surface area contributed by atoms with E-state index < -0.39 is 11.7 Å². The number of amides is 2. The summed E-state index contributed by atoms with van der Waals surface area (Å²) in [5.74, 6) is 1.96. The molecule has 3 rings (SSSR count). The van der Waals surface area contributed by atoms with Crippen LogP contribution in [-0.4, -0.2) is 51.8 Å². The fourth-order valence-corrected chi connectivity index (χ4v) is 5.10. The van der Waals surface area contributed by atoms with Crippen LogP contribution in [0.4, 0.5) is 4.79 Å². The molecule has 1 aromatic carbocycles. The fraction of sp³-hybridized carbons (Fsp3) is 0.560. The number of pyridine rings is 1. The van der Waals surface area contributed by atoms with E-state index in [9.17, 15) is 14.4 Å². The van der Waals surface area contributed by atoms with Gasteiger partial charge in [-0.2, -0.15) is 0 Å². The Labute approximate surface area is 225 Å². The molecule has 0 bridgehead atoms. The number of nitrogens with one attached hydrogen (secondary N) is 1. The first kappa shape index (κ1) is 28.5. The number of rotatable bonds is 9. The number of alkyl carbamates (subject to hydrolysis) is 1. The predicted molar refractivity (Wildman–Crippen MR) is 145 cm³/mol. The minimum atomic E-state index is -0.683. The summed E-state index contributed by atoms with van der Waals surface area (Å²) < 4.78 is 13.0. The molecule has 198 valence electrons. The molecule has 0 unspecified atom stereocenters. The van der Waals surface area contributed by atoms with Gasteiger partial charge in [-0.25, -0.2) is 4.79 Å². The van der Waals surface area contributed by atoms with Crippen molar-refractivity contribution >= 4 is 57.7 Å². The average molecular weight is 559 g/mol. The van der Waals surface area contributed by atoms with Crippen LogP contribution in [0.5, 0.6) is 5.75 Å². The van der Waals surface area contributed by atoms with Gasteiger partial charge in [0.15, 0.2) is 0 Å². The molecular weight excluding hydrogens is 525 g/mol. The third kappa shape index (κ3) is 7.23. The van der Waals surface area contributed by atoms with Crippen molar-refractivity contribution in [3.05, 3.63) is 38.2 Å². The molecule has 1 saturated heterocycles. The van der Waals surface area contributed by atoms with Gasteiger partial charge in [0.2, 0.25) is 5.91 Å². The maximum atomic E-state index is 13.6. The second-order valence-electron chi connectivity index (χ2n) is 9.55. The van der Waals surface area contributed by atoms with Crippen LogP contribution in [-0.2, 0) is 22.6 Å². The number of carbonyl (C=O) groups excluding carboxylic acids is 2. The van der Waals surface area contributed by atoms with E-state index in [4.69, 9.17) is 32.7 Å². The molecule has 1 N–H and O–H groups in total. The Bertz CT molecular complexity index is 1170. The first-order chi connectivity index (χ1) is 17.0. The van der Waals surface area contributed by atoms with Gasteiger partial charge in [0.1, 0.15) is 11.4 Å². The van der Waals surface area contributed by atoms with Gasteiger partial charge in [0.05, 0.1) is 40.2 Å². The van der Waals surface area contributed by atoms with E-state index in [2.05, 4.69) is 5.32 Å². The van der Waals surface area contributed by atoms with Gasteiger partial charge in [0.25, 0.3) is 5.56 Å². The number of fused-ring (bicyclic) bond motifs is 1. The van der Waals surface area contributed by atoms with Crippen molar-refractivity contribution in [2.24, 2.45) is 0 Å². The van der Waals surface area contributed by atoms with Crippen molar-refractivity contribution in [2.75, 3.05) is 24.8 Å². The monoisotopic (exact) mass is 557 g/mol. The molecular formula is C25H33Cl2N3O5S. The molecule has 0 radical (unpaired) electrons. The minimum absolute atomic E-state index is 0.0272. The van der Waals surface area contributed by atoms with E-state index in [1.54, 1.807) is 43.5 Å². The van der Waals surface area contributed by atoms with Gasteiger partial charge < -0.3 is 24.3 Å². The Hall–Kier alpha value is -2.10. The number of aromatic nitrogens is 1. The first-order valence-electron chi connectivity index (χ1n) is 12.0. The summed E-state index contributed by atoms with van der Waals surface area (Å²) in [5.41, 5.74) is -0.578. The van der Waals surface area contributed by atoms with Crippen LogP contribution in [0.3, 0.4) is 0 Å². The lowest BCUT2D eigenvalue weighted by Crippen LogP contribution is -2.35. The molecule has 8 nitrogen and oxygen atoms in total. The molecule has 36 heavy (non-hydrogen) atoms. The Morgan fingerprint density at radius 1 is 1.17 bits per heavy atom. The zero-order valence-electron chi connectivity index (χ0n) is 21.1. The van der Waals surface area contributed by atoms with Crippen LogP contribution in [0.1, 0.15) is 52.7 Å². The lowest BCUT2D eigenvalue weighted by Gasteiger charge is -2.23. The maximum Gasteiger partial charge on any atom is 0.407 e. The number of hydrogen-bond acceptors (Lipinski definition) is 6. The smallest absolute Gasteiger partial charge is 0.407 e. The molecule has 1 fully saturated rings. The third-order valence-electron chi connectivity index (χ3n) is 5.57. The summed E-state index contributed by atoms with van der Waals surface area (Å²) in [5, 5.41) is 4.10. The van der Waals surface area contributed by atoms with E-state index in [0.717, 1.165) is 18.6 Å². The highest BCUT2D eigenvalue weighted by Gasteiger charge is 2.24.